The van der Waals surface area contributed by atoms with Gasteiger partial charge in [-0.2, -0.15) is 0 Å². The average molecular weight is 490 g/mol. The maximum Gasteiger partial charge on any atom is 0.187 e. The summed E-state index contributed by atoms with van der Waals surface area (Å²) in [5.41, 5.74) is 3.09. The van der Waals surface area contributed by atoms with Gasteiger partial charge in [0.1, 0.15) is 13.1 Å². The molecule has 1 aliphatic heterocycles. The lowest BCUT2D eigenvalue weighted by molar-refractivity contribution is -0.924. The van der Waals surface area contributed by atoms with E-state index in [1.54, 1.807) is 11.1 Å². The Bertz CT molecular complexity index is 523. The molecule has 1 aliphatic rings. The van der Waals surface area contributed by atoms with E-state index in [4.69, 9.17) is 4.43 Å². The topological polar surface area (TPSA) is 9.23 Å². The highest BCUT2D eigenvalue weighted by atomic mass is 127. The summed E-state index contributed by atoms with van der Waals surface area (Å²) in [6, 6.07) is 10.3. The fourth-order valence-corrected chi connectivity index (χ4v) is 5.86. The van der Waals surface area contributed by atoms with Crippen LogP contribution >= 0.6 is 0 Å². The summed E-state index contributed by atoms with van der Waals surface area (Å²) >= 11 is 0. The molecule has 0 radical (unpaired) electrons. The van der Waals surface area contributed by atoms with E-state index in [-0.39, 0.29) is 24.0 Å². The highest BCUT2D eigenvalue weighted by Gasteiger charge is 2.29. The number of rotatable bonds is 11. The van der Waals surface area contributed by atoms with Crippen molar-refractivity contribution in [1.29, 1.82) is 0 Å². The molecule has 4 heteroatoms. The molecule has 1 aromatic rings. The normalized spacial score (nSPS) is 19.7. The lowest BCUT2D eigenvalue weighted by Crippen LogP contribution is -3.00. The molecule has 0 N–H and O–H groups in total. The van der Waals surface area contributed by atoms with Gasteiger partial charge in [0.2, 0.25) is 0 Å². The molecule has 2 nitrogen and oxygen atoms in total. The Balaban J connectivity index is 0.00000338. The summed E-state index contributed by atoms with van der Waals surface area (Å²) in [6.07, 6.45) is 9.53. The third-order valence-corrected chi connectivity index (χ3v) is 8.39. The molecule has 1 atom stereocenters. The molecular weight excluding hydrogens is 449 g/mol. The average Bonchev–Trinajstić information content (AvgIpc) is 2.57. The number of likely N-dealkylation sites (N-methyl/N-ethyl adjacent to an activating group) is 1. The van der Waals surface area contributed by atoms with Crippen molar-refractivity contribution in [1.82, 2.24) is 0 Å². The zero-order valence-electron chi connectivity index (χ0n) is 17.5. The molecular formula is C22H40INOSi. The molecule has 1 aromatic carbocycles. The van der Waals surface area contributed by atoms with E-state index in [2.05, 4.69) is 51.3 Å². The number of hydrogen-bond donors (Lipinski definition) is 0. The van der Waals surface area contributed by atoms with Gasteiger partial charge in [-0.1, -0.05) is 69.7 Å². The van der Waals surface area contributed by atoms with Crippen LogP contribution in [0.5, 0.6) is 0 Å². The standard InChI is InChI=1S/C22H40NOSi.HI/c1-5-6-7-8-9-12-19-25(3,4)24-18-17-23(2)16-15-21-13-10-11-14-22(21)20-23;/h10-11,13-14H,5-9,12,15-20H2,1-4H3;1H/q+1;/p-1. The van der Waals surface area contributed by atoms with E-state index in [1.807, 2.05) is 0 Å². The van der Waals surface area contributed by atoms with Crippen LogP contribution in [0.25, 0.3) is 0 Å². The Morgan fingerprint density at radius 1 is 1.00 bits per heavy atom. The minimum atomic E-state index is -1.47. The first-order valence-corrected chi connectivity index (χ1v) is 13.6. The van der Waals surface area contributed by atoms with E-state index in [0.29, 0.717) is 0 Å². The van der Waals surface area contributed by atoms with Gasteiger partial charge in [0.05, 0.1) is 20.2 Å². The maximum atomic E-state index is 6.44. The lowest BCUT2D eigenvalue weighted by Gasteiger charge is -2.39. The molecule has 150 valence electrons. The van der Waals surface area contributed by atoms with Crippen molar-refractivity contribution in [3.05, 3.63) is 35.4 Å². The van der Waals surface area contributed by atoms with Crippen molar-refractivity contribution < 1.29 is 32.9 Å². The molecule has 0 bridgehead atoms. The van der Waals surface area contributed by atoms with Crippen LogP contribution in [-0.4, -0.2) is 39.5 Å². The molecule has 0 spiro atoms. The Morgan fingerprint density at radius 3 is 2.38 bits per heavy atom. The predicted molar refractivity (Wildman–Crippen MR) is 111 cm³/mol. The van der Waals surface area contributed by atoms with E-state index in [9.17, 15) is 0 Å². The van der Waals surface area contributed by atoms with Gasteiger partial charge in [-0.15, -0.1) is 0 Å². The summed E-state index contributed by atoms with van der Waals surface area (Å²) in [7, 11) is 0.933. The van der Waals surface area contributed by atoms with Crippen LogP contribution in [0.3, 0.4) is 0 Å². The van der Waals surface area contributed by atoms with Crippen LogP contribution in [0.15, 0.2) is 24.3 Å². The predicted octanol–water partition coefficient (Wildman–Crippen LogP) is 2.78. The number of fused-ring (bicyclic) bond motifs is 1. The fourth-order valence-electron chi connectivity index (χ4n) is 3.97. The molecule has 26 heavy (non-hydrogen) atoms. The first kappa shape index (κ1) is 24.1. The van der Waals surface area contributed by atoms with E-state index < -0.39 is 8.32 Å². The second-order valence-electron chi connectivity index (χ2n) is 8.87. The molecule has 0 saturated heterocycles. The number of hydrogen-bond acceptors (Lipinski definition) is 1. The summed E-state index contributed by atoms with van der Waals surface area (Å²) < 4.78 is 7.57. The molecule has 0 fully saturated rings. The maximum absolute atomic E-state index is 6.44. The number of nitrogens with zero attached hydrogens (tertiary/aromatic N) is 1. The lowest BCUT2D eigenvalue weighted by atomic mass is 9.98. The molecule has 0 saturated carbocycles. The van der Waals surface area contributed by atoms with Crippen LogP contribution in [-0.2, 0) is 17.4 Å². The first-order valence-electron chi connectivity index (χ1n) is 10.5. The van der Waals surface area contributed by atoms with Crippen LogP contribution in [0.1, 0.15) is 56.6 Å². The van der Waals surface area contributed by atoms with Gasteiger partial charge in [-0.3, -0.25) is 0 Å². The minimum Gasteiger partial charge on any atom is -1.00 e. The van der Waals surface area contributed by atoms with Crippen LogP contribution in [0.4, 0.5) is 0 Å². The van der Waals surface area contributed by atoms with Gasteiger partial charge >= 0.3 is 0 Å². The second-order valence-corrected chi connectivity index (χ2v) is 13.2. The van der Waals surface area contributed by atoms with Crippen molar-refractivity contribution in [2.24, 2.45) is 0 Å². The largest absolute Gasteiger partial charge is 1.00 e. The van der Waals surface area contributed by atoms with Crippen molar-refractivity contribution in [2.45, 2.75) is 77.6 Å². The third kappa shape index (κ3) is 8.40. The van der Waals surface area contributed by atoms with Gasteiger partial charge in [-0.25, -0.2) is 0 Å². The zero-order chi connectivity index (χ0) is 18.2. The van der Waals surface area contributed by atoms with E-state index in [1.165, 1.54) is 64.1 Å². The quantitative estimate of drug-likeness (QED) is 0.201. The second kappa shape index (κ2) is 11.8. The molecule has 0 aromatic heterocycles. The van der Waals surface area contributed by atoms with Crippen LogP contribution < -0.4 is 24.0 Å². The molecule has 0 amide bonds. The minimum absolute atomic E-state index is 0. The Labute approximate surface area is 180 Å². The summed E-state index contributed by atoms with van der Waals surface area (Å²) in [4.78, 5) is 0. The highest BCUT2D eigenvalue weighted by molar-refractivity contribution is 6.71. The number of benzene rings is 1. The number of unbranched alkanes of at least 4 members (excludes halogenated alkanes) is 5. The van der Waals surface area contributed by atoms with Gasteiger partial charge in [0, 0.05) is 12.0 Å². The number of quaternary nitrogens is 1. The van der Waals surface area contributed by atoms with Gasteiger partial charge in [-0.05, 0) is 24.7 Å². The van der Waals surface area contributed by atoms with Crippen molar-refractivity contribution in [2.75, 3.05) is 26.7 Å². The van der Waals surface area contributed by atoms with Gasteiger partial charge < -0.3 is 32.9 Å². The Kier molecular flexibility index (Phi) is 11.0. The summed E-state index contributed by atoms with van der Waals surface area (Å²) in [6.45, 7) is 11.6. The Hall–Kier alpha value is 0.0869. The van der Waals surface area contributed by atoms with E-state index in [0.717, 1.165) is 17.6 Å². The van der Waals surface area contributed by atoms with Crippen molar-refractivity contribution >= 4 is 8.32 Å². The van der Waals surface area contributed by atoms with Gasteiger partial charge in [0.15, 0.2) is 8.32 Å². The number of halogens is 1. The SMILES string of the molecule is CCCCCCCC[Si](C)(C)OCC[N+]1(C)CCc2ccccc2C1.[I-]. The molecule has 2 rings (SSSR count). The third-order valence-electron chi connectivity index (χ3n) is 5.85. The monoisotopic (exact) mass is 489 g/mol. The highest BCUT2D eigenvalue weighted by Crippen LogP contribution is 2.24. The van der Waals surface area contributed by atoms with Gasteiger partial charge in [0.25, 0.3) is 0 Å². The molecule has 0 aliphatic carbocycles. The fraction of sp³-hybridized carbons (Fsp3) is 0.727. The van der Waals surface area contributed by atoms with Crippen molar-refractivity contribution in [3.63, 3.8) is 0 Å². The zero-order valence-corrected chi connectivity index (χ0v) is 20.7. The van der Waals surface area contributed by atoms with Crippen LogP contribution in [0.2, 0.25) is 19.1 Å². The van der Waals surface area contributed by atoms with Crippen LogP contribution in [0, 0.1) is 0 Å². The molecule has 1 unspecified atom stereocenters. The Morgan fingerprint density at radius 2 is 1.65 bits per heavy atom. The molecule has 1 heterocycles. The van der Waals surface area contributed by atoms with Crippen molar-refractivity contribution in [3.8, 4) is 0 Å². The smallest absolute Gasteiger partial charge is 0.187 e. The summed E-state index contributed by atoms with van der Waals surface area (Å²) in [5, 5.41) is 0. The summed E-state index contributed by atoms with van der Waals surface area (Å²) in [5.74, 6) is 0. The first-order chi connectivity index (χ1) is 11.9. The van der Waals surface area contributed by atoms with E-state index >= 15 is 0 Å².